The molecule has 0 aliphatic carbocycles. The summed E-state index contributed by atoms with van der Waals surface area (Å²) in [6.45, 7) is 1.42. The number of hydrogen-bond acceptors (Lipinski definition) is 5. The molecule has 32 heavy (non-hydrogen) atoms. The lowest BCUT2D eigenvalue weighted by atomic mass is 10.1. The van der Waals surface area contributed by atoms with Crippen LogP contribution >= 0.6 is 0 Å². The van der Waals surface area contributed by atoms with Crippen molar-refractivity contribution >= 4 is 21.6 Å². The number of carbonyl (C=O) groups excluding carboxylic acids is 1. The second-order valence-electron chi connectivity index (χ2n) is 7.06. The Kier molecular flexibility index (Phi) is 7.37. The number of rotatable bonds is 9. The molecule has 0 aromatic heterocycles. The number of ether oxygens (including phenoxy) is 2. The van der Waals surface area contributed by atoms with Gasteiger partial charge in [0.25, 0.3) is 10.0 Å². The molecule has 168 valence electrons. The first-order valence-electron chi connectivity index (χ1n) is 10.0. The van der Waals surface area contributed by atoms with E-state index in [1.165, 1.54) is 12.1 Å². The van der Waals surface area contributed by atoms with Gasteiger partial charge in [0.15, 0.2) is 0 Å². The number of anilines is 1. The highest BCUT2D eigenvalue weighted by Crippen LogP contribution is 2.29. The largest absolute Gasteiger partial charge is 0.497 e. The summed E-state index contributed by atoms with van der Waals surface area (Å²) in [4.78, 5) is 13.1. The lowest BCUT2D eigenvalue weighted by Gasteiger charge is -2.25. The maximum Gasteiger partial charge on any atom is 0.264 e. The number of nitrogens with one attached hydrogen (secondary N) is 1. The van der Waals surface area contributed by atoms with Crippen LogP contribution in [-0.4, -0.2) is 35.1 Å². The minimum absolute atomic E-state index is 0.110. The van der Waals surface area contributed by atoms with Crippen molar-refractivity contribution in [2.45, 2.75) is 17.9 Å². The third-order valence-electron chi connectivity index (χ3n) is 4.94. The molecule has 0 radical (unpaired) electrons. The third kappa shape index (κ3) is 5.20. The minimum Gasteiger partial charge on any atom is -0.497 e. The van der Waals surface area contributed by atoms with E-state index in [1.807, 2.05) is 0 Å². The molecule has 1 atom stereocenters. The predicted octanol–water partition coefficient (Wildman–Crippen LogP) is 3.78. The van der Waals surface area contributed by atoms with Crippen LogP contribution in [0.1, 0.15) is 18.5 Å². The van der Waals surface area contributed by atoms with Gasteiger partial charge in [-0.1, -0.05) is 36.4 Å². The van der Waals surface area contributed by atoms with Crippen LogP contribution in [0.3, 0.4) is 0 Å². The van der Waals surface area contributed by atoms with Gasteiger partial charge in [-0.2, -0.15) is 0 Å². The van der Waals surface area contributed by atoms with Crippen molar-refractivity contribution in [1.29, 1.82) is 0 Å². The fourth-order valence-electron chi connectivity index (χ4n) is 3.30. The van der Waals surface area contributed by atoms with Crippen LogP contribution in [0.25, 0.3) is 0 Å². The van der Waals surface area contributed by atoms with E-state index in [4.69, 9.17) is 9.47 Å². The average molecular weight is 455 g/mol. The van der Waals surface area contributed by atoms with Gasteiger partial charge >= 0.3 is 0 Å². The van der Waals surface area contributed by atoms with E-state index in [0.29, 0.717) is 17.2 Å². The Morgan fingerprint density at radius 1 is 0.938 bits per heavy atom. The Morgan fingerprint density at radius 3 is 2.16 bits per heavy atom. The maximum absolute atomic E-state index is 13.3. The molecule has 1 unspecified atom stereocenters. The summed E-state index contributed by atoms with van der Waals surface area (Å²) in [5, 5.41) is 2.87. The molecule has 0 bridgehead atoms. The predicted molar refractivity (Wildman–Crippen MR) is 124 cm³/mol. The molecule has 0 aliphatic rings. The van der Waals surface area contributed by atoms with Crippen LogP contribution in [0.15, 0.2) is 83.8 Å². The number of nitrogens with zero attached hydrogens (tertiary/aromatic N) is 1. The van der Waals surface area contributed by atoms with Gasteiger partial charge in [-0.15, -0.1) is 0 Å². The molecule has 0 aliphatic heterocycles. The van der Waals surface area contributed by atoms with E-state index < -0.39 is 22.0 Å². The maximum atomic E-state index is 13.3. The van der Waals surface area contributed by atoms with Crippen molar-refractivity contribution in [3.63, 3.8) is 0 Å². The first-order chi connectivity index (χ1) is 15.4. The molecule has 0 heterocycles. The zero-order valence-electron chi connectivity index (χ0n) is 18.2. The summed E-state index contributed by atoms with van der Waals surface area (Å²) in [6.07, 6.45) is 0. The summed E-state index contributed by atoms with van der Waals surface area (Å²) in [6, 6.07) is 21.5. The normalized spacial score (nSPS) is 12.0. The van der Waals surface area contributed by atoms with Crippen LogP contribution < -0.4 is 19.1 Å². The molecule has 3 aromatic carbocycles. The van der Waals surface area contributed by atoms with Crippen molar-refractivity contribution in [3.8, 4) is 11.5 Å². The summed E-state index contributed by atoms with van der Waals surface area (Å²) >= 11 is 0. The molecule has 3 rings (SSSR count). The van der Waals surface area contributed by atoms with E-state index in [1.54, 1.807) is 87.9 Å². The molecular formula is C24H26N2O5S. The van der Waals surface area contributed by atoms with Crippen LogP contribution in [0.2, 0.25) is 0 Å². The highest BCUT2D eigenvalue weighted by molar-refractivity contribution is 7.92. The molecule has 0 saturated heterocycles. The summed E-state index contributed by atoms with van der Waals surface area (Å²) in [7, 11) is -0.844. The van der Waals surface area contributed by atoms with E-state index in [0.717, 1.165) is 9.87 Å². The third-order valence-corrected chi connectivity index (χ3v) is 6.73. The van der Waals surface area contributed by atoms with E-state index in [2.05, 4.69) is 5.32 Å². The van der Waals surface area contributed by atoms with Crippen molar-refractivity contribution in [2.24, 2.45) is 0 Å². The number of methoxy groups -OCH3 is 2. The summed E-state index contributed by atoms with van der Waals surface area (Å²) < 4.78 is 38.4. The molecular weight excluding hydrogens is 428 g/mol. The number of sulfonamides is 1. The summed E-state index contributed by atoms with van der Waals surface area (Å²) in [5.74, 6) is 0.764. The van der Waals surface area contributed by atoms with Gasteiger partial charge in [-0.3, -0.25) is 9.10 Å². The van der Waals surface area contributed by atoms with E-state index in [-0.39, 0.29) is 11.4 Å². The van der Waals surface area contributed by atoms with Gasteiger partial charge in [-0.05, 0) is 49.4 Å². The fraction of sp³-hybridized carbons (Fsp3) is 0.208. The van der Waals surface area contributed by atoms with Gasteiger partial charge < -0.3 is 14.8 Å². The van der Waals surface area contributed by atoms with Gasteiger partial charge in [-0.25, -0.2) is 8.42 Å². The quantitative estimate of drug-likeness (QED) is 0.532. The van der Waals surface area contributed by atoms with Crippen LogP contribution in [0.5, 0.6) is 11.5 Å². The standard InChI is InChI=1S/C24H26N2O5S/c1-18(22-16-20(30-2)14-15-23(22)31-3)25-24(27)17-26(19-10-6-4-7-11-19)32(28,29)21-12-8-5-9-13-21/h4-16,18H,17H2,1-3H3,(H,25,27). The highest BCUT2D eigenvalue weighted by atomic mass is 32.2. The van der Waals surface area contributed by atoms with Crippen LogP contribution in [0, 0.1) is 0 Å². The van der Waals surface area contributed by atoms with Crippen molar-refractivity contribution in [2.75, 3.05) is 25.1 Å². The SMILES string of the molecule is COc1ccc(OC)c(C(C)NC(=O)CN(c2ccccc2)S(=O)(=O)c2ccccc2)c1. The zero-order chi connectivity index (χ0) is 23.1. The first-order valence-corrected chi connectivity index (χ1v) is 11.4. The molecule has 0 fully saturated rings. The zero-order valence-corrected chi connectivity index (χ0v) is 19.0. The average Bonchev–Trinajstić information content (AvgIpc) is 2.83. The Balaban J connectivity index is 1.87. The number of para-hydroxylation sites is 1. The monoisotopic (exact) mass is 454 g/mol. The Hall–Kier alpha value is -3.52. The number of carbonyl (C=O) groups is 1. The second-order valence-corrected chi connectivity index (χ2v) is 8.92. The number of hydrogen-bond donors (Lipinski definition) is 1. The molecule has 1 N–H and O–H groups in total. The molecule has 1 amide bonds. The molecule has 0 spiro atoms. The molecule has 3 aromatic rings. The lowest BCUT2D eigenvalue weighted by molar-refractivity contribution is -0.120. The number of amides is 1. The van der Waals surface area contributed by atoms with Gasteiger partial charge in [0, 0.05) is 5.56 Å². The smallest absolute Gasteiger partial charge is 0.264 e. The minimum atomic E-state index is -3.95. The Labute approximate surface area is 188 Å². The van der Waals surface area contributed by atoms with E-state index in [9.17, 15) is 13.2 Å². The second kappa shape index (κ2) is 10.2. The van der Waals surface area contributed by atoms with Crippen molar-refractivity contribution in [1.82, 2.24) is 5.32 Å². The van der Waals surface area contributed by atoms with E-state index >= 15 is 0 Å². The molecule has 7 nitrogen and oxygen atoms in total. The van der Waals surface area contributed by atoms with Crippen molar-refractivity contribution < 1.29 is 22.7 Å². The molecule has 8 heteroatoms. The van der Waals surface area contributed by atoms with Crippen molar-refractivity contribution in [3.05, 3.63) is 84.4 Å². The molecule has 0 saturated carbocycles. The van der Waals surface area contributed by atoms with Crippen LogP contribution in [-0.2, 0) is 14.8 Å². The van der Waals surface area contributed by atoms with Gasteiger partial charge in [0.2, 0.25) is 5.91 Å². The first kappa shape index (κ1) is 23.1. The van der Waals surface area contributed by atoms with Crippen LogP contribution in [0.4, 0.5) is 5.69 Å². The van der Waals surface area contributed by atoms with Gasteiger partial charge in [0.1, 0.15) is 18.0 Å². The van der Waals surface area contributed by atoms with Gasteiger partial charge in [0.05, 0.1) is 30.8 Å². The Morgan fingerprint density at radius 2 is 1.56 bits per heavy atom. The summed E-state index contributed by atoms with van der Waals surface area (Å²) in [5.41, 5.74) is 1.12. The number of benzene rings is 3. The highest BCUT2D eigenvalue weighted by Gasteiger charge is 2.27. The fourth-order valence-corrected chi connectivity index (χ4v) is 4.74. The lowest BCUT2D eigenvalue weighted by Crippen LogP contribution is -2.41. The topological polar surface area (TPSA) is 84.9 Å². The Bertz CT molecular complexity index is 1150.